The zero-order valence-electron chi connectivity index (χ0n) is 12.7. The van der Waals surface area contributed by atoms with Crippen LogP contribution in [0.25, 0.3) is 0 Å². The zero-order valence-corrected chi connectivity index (χ0v) is 15.1. The minimum Gasteiger partial charge on any atom is -0.353 e. The van der Waals surface area contributed by atoms with Gasteiger partial charge >= 0.3 is 0 Å². The lowest BCUT2D eigenvalue weighted by atomic mass is 10.2. The van der Waals surface area contributed by atoms with E-state index < -0.39 is 14.6 Å². The van der Waals surface area contributed by atoms with Gasteiger partial charge in [-0.3, -0.25) is 4.79 Å². The average Bonchev–Trinajstić information content (AvgIpc) is 2.99. The van der Waals surface area contributed by atoms with Gasteiger partial charge in [0.25, 0.3) is 0 Å². The first kappa shape index (κ1) is 17.4. The van der Waals surface area contributed by atoms with E-state index in [0.717, 1.165) is 23.9 Å². The van der Waals surface area contributed by atoms with Crippen LogP contribution in [-0.2, 0) is 14.6 Å². The third kappa shape index (κ3) is 3.70. The molecule has 0 radical (unpaired) electrons. The molecule has 22 heavy (non-hydrogen) atoms. The molecule has 1 amide bonds. The number of sulfone groups is 1. The van der Waals surface area contributed by atoms with Gasteiger partial charge in [0, 0.05) is 11.0 Å². The molecule has 0 aliphatic carbocycles. The van der Waals surface area contributed by atoms with Gasteiger partial charge in [0.2, 0.25) is 5.91 Å². The van der Waals surface area contributed by atoms with Crippen molar-refractivity contribution in [3.63, 3.8) is 0 Å². The first-order valence-corrected chi connectivity index (χ1v) is 9.53. The molecule has 0 aromatic heterocycles. The Balaban J connectivity index is 2.07. The second-order valence-corrected chi connectivity index (χ2v) is 9.58. The van der Waals surface area contributed by atoms with E-state index in [-0.39, 0.29) is 23.4 Å². The molecule has 1 heterocycles. The minimum atomic E-state index is -3.53. The maximum Gasteiger partial charge on any atom is 0.237 e. The fourth-order valence-corrected chi connectivity index (χ4v) is 4.02. The molecule has 0 bridgehead atoms. The molecule has 122 valence electrons. The highest BCUT2D eigenvalue weighted by Gasteiger charge is 2.36. The van der Waals surface area contributed by atoms with Crippen molar-refractivity contribution in [2.75, 3.05) is 13.1 Å². The van der Waals surface area contributed by atoms with Crippen molar-refractivity contribution in [3.8, 4) is 0 Å². The van der Waals surface area contributed by atoms with E-state index >= 15 is 0 Å². The number of rotatable bonds is 5. The maximum absolute atomic E-state index is 12.7. The topological polar surface area (TPSA) is 75.3 Å². The summed E-state index contributed by atoms with van der Waals surface area (Å²) in [5.74, 6) is -0.128. The second kappa shape index (κ2) is 6.68. The predicted octanol–water partition coefficient (Wildman–Crippen LogP) is 1.87. The first-order chi connectivity index (χ1) is 10.2. The van der Waals surface area contributed by atoms with Crippen molar-refractivity contribution in [1.82, 2.24) is 10.6 Å². The molecule has 1 unspecified atom stereocenters. The van der Waals surface area contributed by atoms with Crippen LogP contribution < -0.4 is 10.6 Å². The van der Waals surface area contributed by atoms with Crippen molar-refractivity contribution in [2.24, 2.45) is 0 Å². The van der Waals surface area contributed by atoms with E-state index in [4.69, 9.17) is 0 Å². The Morgan fingerprint density at radius 2 is 2.00 bits per heavy atom. The Morgan fingerprint density at radius 3 is 2.55 bits per heavy atom. The molecule has 5 nitrogen and oxygen atoms in total. The number of nitrogens with one attached hydrogen (secondary N) is 2. The summed E-state index contributed by atoms with van der Waals surface area (Å²) >= 11 is 3.29. The van der Waals surface area contributed by atoms with E-state index in [9.17, 15) is 13.2 Å². The molecule has 0 spiro atoms. The SMILES string of the molecule is CC(C)(CNC(=O)C1CCCN1)S(=O)(=O)c1ccc(Br)cc1. The monoisotopic (exact) mass is 388 g/mol. The summed E-state index contributed by atoms with van der Waals surface area (Å²) < 4.78 is 25.2. The fourth-order valence-electron chi connectivity index (χ4n) is 2.36. The average molecular weight is 389 g/mol. The van der Waals surface area contributed by atoms with Crippen LogP contribution in [0, 0.1) is 0 Å². The third-order valence-electron chi connectivity index (χ3n) is 3.92. The zero-order chi connectivity index (χ0) is 16.4. The second-order valence-electron chi connectivity index (χ2n) is 6.08. The first-order valence-electron chi connectivity index (χ1n) is 7.25. The molecule has 1 atom stereocenters. The highest BCUT2D eigenvalue weighted by atomic mass is 79.9. The van der Waals surface area contributed by atoms with Gasteiger partial charge in [0.05, 0.1) is 15.7 Å². The largest absolute Gasteiger partial charge is 0.353 e. The molecule has 1 aromatic carbocycles. The Kier molecular flexibility index (Phi) is 5.29. The van der Waals surface area contributed by atoms with E-state index in [1.165, 1.54) is 0 Å². The standard InChI is InChI=1S/C15H21BrN2O3S/c1-15(2,10-18-14(19)13-4-3-9-17-13)22(20,21)12-7-5-11(16)6-8-12/h5-8,13,17H,3-4,9-10H2,1-2H3,(H,18,19). The summed E-state index contributed by atoms with van der Waals surface area (Å²) in [7, 11) is -3.53. The van der Waals surface area contributed by atoms with E-state index in [0.29, 0.717) is 0 Å². The predicted molar refractivity (Wildman–Crippen MR) is 89.4 cm³/mol. The van der Waals surface area contributed by atoms with Crippen LogP contribution >= 0.6 is 15.9 Å². The summed E-state index contributed by atoms with van der Waals surface area (Å²) in [4.78, 5) is 12.3. The van der Waals surface area contributed by atoms with Crippen molar-refractivity contribution in [1.29, 1.82) is 0 Å². The van der Waals surface area contributed by atoms with Crippen LogP contribution in [0.1, 0.15) is 26.7 Å². The number of carbonyl (C=O) groups excluding carboxylic acids is 1. The van der Waals surface area contributed by atoms with Crippen LogP contribution in [-0.4, -0.2) is 38.2 Å². The number of amides is 1. The van der Waals surface area contributed by atoms with Gasteiger partial charge in [-0.05, 0) is 57.5 Å². The Bertz CT molecular complexity index is 635. The summed E-state index contributed by atoms with van der Waals surface area (Å²) in [6.07, 6.45) is 1.77. The Hall–Kier alpha value is -0.920. The third-order valence-corrected chi connectivity index (χ3v) is 6.94. The lowest BCUT2D eigenvalue weighted by molar-refractivity contribution is -0.122. The van der Waals surface area contributed by atoms with E-state index in [1.807, 2.05) is 0 Å². The Labute approximate surface area is 139 Å². The summed E-state index contributed by atoms with van der Waals surface area (Å²) in [5, 5.41) is 5.86. The Morgan fingerprint density at radius 1 is 1.36 bits per heavy atom. The molecular weight excluding hydrogens is 368 g/mol. The van der Waals surface area contributed by atoms with Crippen molar-refractivity contribution < 1.29 is 13.2 Å². The normalized spacial score (nSPS) is 19.1. The molecule has 1 saturated heterocycles. The summed E-state index contributed by atoms with van der Waals surface area (Å²) in [6.45, 7) is 4.18. The van der Waals surface area contributed by atoms with E-state index in [1.54, 1.807) is 38.1 Å². The van der Waals surface area contributed by atoms with Crippen LogP contribution in [0.5, 0.6) is 0 Å². The molecule has 1 aliphatic heterocycles. The van der Waals surface area contributed by atoms with Gasteiger partial charge in [-0.25, -0.2) is 8.42 Å². The van der Waals surface area contributed by atoms with E-state index in [2.05, 4.69) is 26.6 Å². The quantitative estimate of drug-likeness (QED) is 0.806. The lowest BCUT2D eigenvalue weighted by Gasteiger charge is -2.26. The van der Waals surface area contributed by atoms with Crippen LogP contribution in [0.15, 0.2) is 33.6 Å². The molecular formula is C15H21BrN2O3S. The molecule has 2 N–H and O–H groups in total. The molecule has 7 heteroatoms. The number of carbonyl (C=O) groups is 1. The smallest absolute Gasteiger partial charge is 0.237 e. The van der Waals surface area contributed by atoms with Crippen molar-refractivity contribution >= 4 is 31.7 Å². The fraction of sp³-hybridized carbons (Fsp3) is 0.533. The van der Waals surface area contributed by atoms with Gasteiger partial charge < -0.3 is 10.6 Å². The van der Waals surface area contributed by atoms with Crippen LogP contribution in [0.3, 0.4) is 0 Å². The van der Waals surface area contributed by atoms with Crippen LogP contribution in [0.2, 0.25) is 0 Å². The van der Waals surface area contributed by atoms with Crippen molar-refractivity contribution in [3.05, 3.63) is 28.7 Å². The van der Waals surface area contributed by atoms with Gasteiger partial charge in [-0.1, -0.05) is 15.9 Å². The van der Waals surface area contributed by atoms with Gasteiger partial charge in [0.15, 0.2) is 9.84 Å². The summed E-state index contributed by atoms with van der Waals surface area (Å²) in [5.41, 5.74) is 0. The molecule has 2 rings (SSSR count). The highest BCUT2D eigenvalue weighted by Crippen LogP contribution is 2.26. The lowest BCUT2D eigenvalue weighted by Crippen LogP contribution is -2.48. The van der Waals surface area contributed by atoms with Gasteiger partial charge in [-0.15, -0.1) is 0 Å². The summed E-state index contributed by atoms with van der Waals surface area (Å²) in [6, 6.07) is 6.34. The molecule has 1 aromatic rings. The number of hydrogen-bond acceptors (Lipinski definition) is 4. The van der Waals surface area contributed by atoms with Gasteiger partial charge in [-0.2, -0.15) is 0 Å². The minimum absolute atomic E-state index is 0.0857. The van der Waals surface area contributed by atoms with Crippen LogP contribution in [0.4, 0.5) is 0 Å². The number of benzene rings is 1. The number of halogens is 1. The highest BCUT2D eigenvalue weighted by molar-refractivity contribution is 9.10. The maximum atomic E-state index is 12.7. The molecule has 1 fully saturated rings. The molecule has 0 saturated carbocycles. The number of hydrogen-bond donors (Lipinski definition) is 2. The van der Waals surface area contributed by atoms with Gasteiger partial charge in [0.1, 0.15) is 0 Å². The van der Waals surface area contributed by atoms with Crippen molar-refractivity contribution in [2.45, 2.75) is 42.4 Å². The molecule has 1 aliphatic rings.